The summed E-state index contributed by atoms with van der Waals surface area (Å²) in [4.78, 5) is 34.0. The van der Waals surface area contributed by atoms with Crippen LogP contribution in [0.2, 0.25) is 0 Å². The summed E-state index contributed by atoms with van der Waals surface area (Å²) in [5.41, 5.74) is 1.50. The van der Waals surface area contributed by atoms with Crippen LogP contribution in [0.4, 0.5) is 10.6 Å². The zero-order valence-corrected chi connectivity index (χ0v) is 25.4. The molecule has 42 heavy (non-hydrogen) atoms. The predicted molar refractivity (Wildman–Crippen MR) is 161 cm³/mol. The lowest BCUT2D eigenvalue weighted by Gasteiger charge is -2.26. The summed E-state index contributed by atoms with van der Waals surface area (Å²) in [6.07, 6.45) is 6.26. The Bertz CT molecular complexity index is 1440. The topological polar surface area (TPSA) is 139 Å². The number of ether oxygens (including phenoxy) is 1. The number of pyridine rings is 2. The number of anilines is 1. The van der Waals surface area contributed by atoms with Gasteiger partial charge in [0.25, 0.3) is 10.0 Å². The molecule has 1 unspecified atom stereocenters. The van der Waals surface area contributed by atoms with Crippen LogP contribution in [0, 0.1) is 0 Å². The highest BCUT2D eigenvalue weighted by Gasteiger charge is 2.28. The van der Waals surface area contributed by atoms with Crippen LogP contribution in [-0.2, 0) is 32.4 Å². The Balaban J connectivity index is 1.99. The van der Waals surface area contributed by atoms with Crippen molar-refractivity contribution in [2.45, 2.75) is 82.9 Å². The molecular weight excluding hydrogens is 556 g/mol. The number of amides is 1. The van der Waals surface area contributed by atoms with Crippen molar-refractivity contribution in [3.8, 4) is 0 Å². The summed E-state index contributed by atoms with van der Waals surface area (Å²) in [5, 5.41) is 9.34. The predicted octanol–water partition coefficient (Wildman–Crippen LogP) is 5.69. The zero-order chi connectivity index (χ0) is 30.8. The molecule has 2 heterocycles. The lowest BCUT2D eigenvalue weighted by atomic mass is 9.99. The van der Waals surface area contributed by atoms with Crippen LogP contribution in [0.1, 0.15) is 76.2 Å². The number of nitrogens with zero attached hydrogens (tertiary/aromatic N) is 3. The summed E-state index contributed by atoms with van der Waals surface area (Å²) < 4.78 is 34.8. The van der Waals surface area contributed by atoms with Crippen molar-refractivity contribution in [3.05, 3.63) is 83.7 Å². The largest absolute Gasteiger partial charge is 0.480 e. The summed E-state index contributed by atoms with van der Waals surface area (Å²) >= 11 is 0. The van der Waals surface area contributed by atoms with Gasteiger partial charge in [-0.05, 0) is 75.4 Å². The van der Waals surface area contributed by atoms with Gasteiger partial charge in [-0.15, -0.1) is 0 Å². The van der Waals surface area contributed by atoms with E-state index in [0.29, 0.717) is 5.69 Å². The first-order valence-electron chi connectivity index (χ1n) is 14.1. The molecule has 11 heteroatoms. The first kappa shape index (κ1) is 32.7. The number of nitrogens with one attached hydrogen (secondary N) is 1. The molecule has 1 atom stereocenters. The average Bonchev–Trinajstić information content (AvgIpc) is 2.93. The van der Waals surface area contributed by atoms with E-state index in [9.17, 15) is 23.1 Å². The van der Waals surface area contributed by atoms with Crippen LogP contribution >= 0.6 is 0 Å². The van der Waals surface area contributed by atoms with Gasteiger partial charge in [-0.1, -0.05) is 62.6 Å². The molecule has 1 aromatic carbocycles. The number of carbonyl (C=O) groups is 2. The van der Waals surface area contributed by atoms with Crippen LogP contribution in [-0.4, -0.2) is 47.7 Å². The molecule has 0 spiro atoms. The monoisotopic (exact) mass is 596 g/mol. The smallest absolute Gasteiger partial charge is 0.416 e. The Hall–Kier alpha value is -3.83. The minimum Gasteiger partial charge on any atom is -0.480 e. The highest BCUT2D eigenvalue weighted by Crippen LogP contribution is 2.24. The van der Waals surface area contributed by atoms with E-state index in [1.165, 1.54) is 24.8 Å². The van der Waals surface area contributed by atoms with Crippen LogP contribution in [0.3, 0.4) is 0 Å². The van der Waals surface area contributed by atoms with Crippen LogP contribution < -0.4 is 9.62 Å². The van der Waals surface area contributed by atoms with E-state index >= 15 is 0 Å². The molecule has 10 nitrogen and oxygen atoms in total. The Labute approximate surface area is 248 Å². The maximum absolute atomic E-state index is 13.3. The Kier molecular flexibility index (Phi) is 11.6. The van der Waals surface area contributed by atoms with Crippen LogP contribution in [0.15, 0.2) is 71.9 Å². The number of hydrogen-bond donors (Lipinski definition) is 2. The van der Waals surface area contributed by atoms with Crippen molar-refractivity contribution in [1.29, 1.82) is 0 Å². The molecule has 0 aliphatic carbocycles. The first-order chi connectivity index (χ1) is 19.9. The van der Waals surface area contributed by atoms with Gasteiger partial charge in [0.15, 0.2) is 5.03 Å². The normalized spacial score (nSPS) is 12.5. The van der Waals surface area contributed by atoms with E-state index in [0.717, 1.165) is 41.7 Å². The van der Waals surface area contributed by atoms with Crippen molar-refractivity contribution in [2.75, 3.05) is 11.4 Å². The number of aryl methyl sites for hydroxylation is 1. The van der Waals surface area contributed by atoms with Crippen LogP contribution in [0.25, 0.3) is 0 Å². The molecule has 2 aromatic heterocycles. The number of unbranched alkanes of at least 4 members (excludes halogenated alkanes) is 3. The number of aromatic nitrogens is 2. The van der Waals surface area contributed by atoms with E-state index in [2.05, 4.69) is 33.7 Å². The molecule has 0 saturated heterocycles. The van der Waals surface area contributed by atoms with Crippen molar-refractivity contribution >= 4 is 27.9 Å². The van der Waals surface area contributed by atoms with Gasteiger partial charge in [-0.25, -0.2) is 27.9 Å². The molecule has 0 fully saturated rings. The maximum Gasteiger partial charge on any atom is 0.416 e. The minimum absolute atomic E-state index is 0.0239. The molecule has 1 amide bonds. The molecule has 0 radical (unpaired) electrons. The molecule has 0 saturated carbocycles. The summed E-state index contributed by atoms with van der Waals surface area (Å²) in [5.74, 6) is -1.23. The number of carbonyl (C=O) groups excluding carboxylic acids is 1. The van der Waals surface area contributed by atoms with Gasteiger partial charge < -0.3 is 9.84 Å². The number of aliphatic carboxylic acids is 1. The highest BCUT2D eigenvalue weighted by molar-refractivity contribution is 7.89. The zero-order valence-electron chi connectivity index (χ0n) is 24.6. The maximum atomic E-state index is 13.3. The van der Waals surface area contributed by atoms with Crippen LogP contribution in [0.5, 0.6) is 0 Å². The Morgan fingerprint density at radius 2 is 1.74 bits per heavy atom. The third-order valence-corrected chi connectivity index (χ3v) is 7.64. The van der Waals surface area contributed by atoms with E-state index in [-0.39, 0.29) is 17.3 Å². The standard InChI is InChI=1S/C31H40N4O6S/c1-5-6-7-8-13-23-14-11-15-24(20-23)21-26(34-42(39,40)28-18-9-10-19-32-28)25-16-12-17-27(33-25)35(22-29(36)37)30(38)41-31(2,3)4/h9-12,14-20,26,34H,5-8,13,21-22H2,1-4H3,(H,36,37). The number of sulfonamides is 1. The second-order valence-electron chi connectivity index (χ2n) is 11.1. The Morgan fingerprint density at radius 3 is 2.40 bits per heavy atom. The van der Waals surface area contributed by atoms with E-state index < -0.39 is 40.3 Å². The molecule has 0 bridgehead atoms. The van der Waals surface area contributed by atoms with Gasteiger partial charge in [-0.2, -0.15) is 0 Å². The quantitative estimate of drug-likeness (QED) is 0.226. The fourth-order valence-corrected chi connectivity index (χ4v) is 5.50. The number of benzene rings is 1. The van der Waals surface area contributed by atoms with E-state index in [1.54, 1.807) is 45.0 Å². The van der Waals surface area contributed by atoms with Crippen molar-refractivity contribution in [2.24, 2.45) is 0 Å². The van der Waals surface area contributed by atoms with Gasteiger partial charge in [0.2, 0.25) is 0 Å². The lowest BCUT2D eigenvalue weighted by Crippen LogP contribution is -2.40. The third-order valence-electron chi connectivity index (χ3n) is 6.26. The van der Waals surface area contributed by atoms with Gasteiger partial charge in [-0.3, -0.25) is 9.69 Å². The molecule has 2 N–H and O–H groups in total. The molecular formula is C31H40N4O6S. The molecule has 3 aromatic rings. The third kappa shape index (κ3) is 10.2. The van der Waals surface area contributed by atoms with E-state index in [4.69, 9.17) is 4.74 Å². The number of hydrogen-bond acceptors (Lipinski definition) is 7. The number of carboxylic acids is 1. The van der Waals surface area contributed by atoms with Gasteiger partial charge in [0.1, 0.15) is 18.0 Å². The summed E-state index contributed by atoms with van der Waals surface area (Å²) in [6, 6.07) is 16.5. The van der Waals surface area contributed by atoms with Crippen molar-refractivity contribution in [3.63, 3.8) is 0 Å². The molecule has 0 aliphatic rings. The van der Waals surface area contributed by atoms with Gasteiger partial charge in [0.05, 0.1) is 11.7 Å². The average molecular weight is 597 g/mol. The van der Waals surface area contributed by atoms with Gasteiger partial charge >= 0.3 is 12.1 Å². The second-order valence-corrected chi connectivity index (χ2v) is 12.7. The van der Waals surface area contributed by atoms with Crippen molar-refractivity contribution in [1.82, 2.24) is 14.7 Å². The second kappa shape index (κ2) is 14.9. The molecule has 226 valence electrons. The lowest BCUT2D eigenvalue weighted by molar-refractivity contribution is -0.135. The summed E-state index contributed by atoms with van der Waals surface area (Å²) in [6.45, 7) is 6.51. The van der Waals surface area contributed by atoms with Crippen molar-refractivity contribution < 1.29 is 27.9 Å². The molecule has 3 rings (SSSR count). The fourth-order valence-electron chi connectivity index (χ4n) is 4.34. The van der Waals surface area contributed by atoms with Gasteiger partial charge in [0, 0.05) is 6.20 Å². The Morgan fingerprint density at radius 1 is 1.00 bits per heavy atom. The number of carboxylic acid groups (broad SMARTS) is 1. The first-order valence-corrected chi connectivity index (χ1v) is 15.6. The number of rotatable bonds is 14. The van der Waals surface area contributed by atoms with E-state index in [1.807, 2.05) is 12.1 Å². The SMILES string of the molecule is CCCCCCc1cccc(CC(NS(=O)(=O)c2ccccn2)c2cccc(N(CC(=O)O)C(=O)OC(C)(C)C)n2)c1. The molecule has 0 aliphatic heterocycles. The fraction of sp³-hybridized carbons (Fsp3) is 0.419. The minimum atomic E-state index is -4.05. The summed E-state index contributed by atoms with van der Waals surface area (Å²) in [7, 11) is -4.05. The highest BCUT2D eigenvalue weighted by atomic mass is 32.2.